The molecule has 0 aliphatic heterocycles. The summed E-state index contributed by atoms with van der Waals surface area (Å²) < 4.78 is 0. The van der Waals surface area contributed by atoms with Crippen LogP contribution in [-0.4, -0.2) is 21.2 Å². The lowest BCUT2D eigenvalue weighted by atomic mass is 9.92. The zero-order valence-electron chi connectivity index (χ0n) is 14.2. The number of hydrogen-bond acceptors (Lipinski definition) is 4. The number of phenols is 1. The Morgan fingerprint density at radius 2 is 1.77 bits per heavy atom. The van der Waals surface area contributed by atoms with Gasteiger partial charge in [-0.3, -0.25) is 9.78 Å². The van der Waals surface area contributed by atoms with Crippen molar-refractivity contribution >= 4 is 5.97 Å². The van der Waals surface area contributed by atoms with E-state index < -0.39 is 5.97 Å². The fourth-order valence-electron chi connectivity index (χ4n) is 3.04. The van der Waals surface area contributed by atoms with Gasteiger partial charge in [-0.2, -0.15) is 0 Å². The van der Waals surface area contributed by atoms with Gasteiger partial charge in [0.05, 0.1) is 0 Å². The first-order valence-electron chi connectivity index (χ1n) is 8.36. The van der Waals surface area contributed by atoms with E-state index in [1.165, 1.54) is 0 Å². The zero-order valence-corrected chi connectivity index (χ0v) is 14.2. The van der Waals surface area contributed by atoms with E-state index in [4.69, 9.17) is 10.8 Å². The molecule has 1 heterocycles. The highest BCUT2D eigenvalue weighted by Crippen LogP contribution is 2.32. The number of aromatic nitrogens is 1. The number of rotatable bonds is 6. The SMILES string of the molecule is NCc1cc(-c2ccc(O)cc2CCC(=O)O)ccc1-c1cccnc1. The van der Waals surface area contributed by atoms with Crippen LogP contribution in [0.3, 0.4) is 0 Å². The monoisotopic (exact) mass is 348 g/mol. The van der Waals surface area contributed by atoms with E-state index in [0.717, 1.165) is 33.4 Å². The Morgan fingerprint density at radius 3 is 2.46 bits per heavy atom. The van der Waals surface area contributed by atoms with Crippen LogP contribution in [0.15, 0.2) is 60.9 Å². The van der Waals surface area contributed by atoms with Crippen molar-refractivity contribution in [1.29, 1.82) is 0 Å². The molecule has 4 N–H and O–H groups in total. The maximum atomic E-state index is 10.9. The summed E-state index contributed by atoms with van der Waals surface area (Å²) >= 11 is 0. The number of pyridine rings is 1. The van der Waals surface area contributed by atoms with E-state index in [0.29, 0.717) is 13.0 Å². The van der Waals surface area contributed by atoms with Crippen LogP contribution in [0.5, 0.6) is 5.75 Å². The summed E-state index contributed by atoms with van der Waals surface area (Å²) in [6.45, 7) is 0.376. The van der Waals surface area contributed by atoms with Gasteiger partial charge < -0.3 is 15.9 Å². The first kappa shape index (κ1) is 17.6. The summed E-state index contributed by atoms with van der Waals surface area (Å²) in [5.74, 6) is -0.742. The van der Waals surface area contributed by atoms with Crippen LogP contribution in [0.25, 0.3) is 22.3 Å². The number of carbonyl (C=O) groups is 1. The second-order valence-electron chi connectivity index (χ2n) is 6.05. The van der Waals surface area contributed by atoms with Gasteiger partial charge in [0.2, 0.25) is 0 Å². The summed E-state index contributed by atoms with van der Waals surface area (Å²) in [4.78, 5) is 15.1. The van der Waals surface area contributed by atoms with Crippen LogP contribution in [0.1, 0.15) is 17.5 Å². The van der Waals surface area contributed by atoms with Crippen molar-refractivity contribution in [3.63, 3.8) is 0 Å². The molecule has 0 atom stereocenters. The number of carboxylic acid groups (broad SMARTS) is 1. The standard InChI is InChI=1S/C21H20N2O3/c22-12-17-10-14(3-6-20(17)16-2-1-9-23-13-16)19-7-5-18(24)11-15(19)4-8-21(25)26/h1-3,5-7,9-11,13,24H,4,8,12,22H2,(H,25,26). The molecule has 0 amide bonds. The lowest BCUT2D eigenvalue weighted by Crippen LogP contribution is -2.01. The van der Waals surface area contributed by atoms with Crippen molar-refractivity contribution in [2.75, 3.05) is 0 Å². The number of nitrogens with zero attached hydrogens (tertiary/aromatic N) is 1. The number of carboxylic acids is 1. The molecule has 0 radical (unpaired) electrons. The molecule has 0 saturated heterocycles. The van der Waals surface area contributed by atoms with Crippen LogP contribution in [0, 0.1) is 0 Å². The molecule has 0 spiro atoms. The molecule has 0 saturated carbocycles. The number of aliphatic carboxylic acids is 1. The van der Waals surface area contributed by atoms with Crippen LogP contribution in [0.2, 0.25) is 0 Å². The second-order valence-corrected chi connectivity index (χ2v) is 6.05. The van der Waals surface area contributed by atoms with E-state index in [1.54, 1.807) is 24.5 Å². The van der Waals surface area contributed by atoms with Crippen LogP contribution in [-0.2, 0) is 17.8 Å². The van der Waals surface area contributed by atoms with Crippen LogP contribution in [0.4, 0.5) is 0 Å². The van der Waals surface area contributed by atoms with Gasteiger partial charge in [0.25, 0.3) is 0 Å². The molecule has 0 fully saturated rings. The first-order chi connectivity index (χ1) is 12.6. The maximum absolute atomic E-state index is 10.9. The summed E-state index contributed by atoms with van der Waals surface area (Å²) in [5.41, 5.74) is 11.6. The van der Waals surface area contributed by atoms with Crippen molar-refractivity contribution in [2.45, 2.75) is 19.4 Å². The van der Waals surface area contributed by atoms with Gasteiger partial charge in [-0.25, -0.2) is 0 Å². The average molecular weight is 348 g/mol. The van der Waals surface area contributed by atoms with E-state index in [2.05, 4.69) is 4.98 Å². The Bertz CT molecular complexity index is 924. The van der Waals surface area contributed by atoms with Gasteiger partial charge in [-0.05, 0) is 58.5 Å². The summed E-state index contributed by atoms with van der Waals surface area (Å²) in [7, 11) is 0. The summed E-state index contributed by atoms with van der Waals surface area (Å²) in [6, 6.07) is 14.9. The predicted octanol–water partition coefficient (Wildman–Crippen LogP) is 3.60. The lowest BCUT2D eigenvalue weighted by molar-refractivity contribution is -0.136. The molecule has 0 aliphatic rings. The number of phenolic OH excluding ortho intramolecular Hbond substituents is 1. The van der Waals surface area contributed by atoms with Gasteiger partial charge >= 0.3 is 5.97 Å². The molecule has 3 rings (SSSR count). The Balaban J connectivity index is 2.04. The van der Waals surface area contributed by atoms with Gasteiger partial charge in [-0.1, -0.05) is 24.3 Å². The second kappa shape index (κ2) is 7.80. The highest BCUT2D eigenvalue weighted by Gasteiger charge is 2.11. The molecule has 0 aliphatic carbocycles. The molecule has 3 aromatic rings. The number of benzene rings is 2. The summed E-state index contributed by atoms with van der Waals surface area (Å²) in [5, 5.41) is 18.7. The molecule has 0 unspecified atom stereocenters. The minimum atomic E-state index is -0.867. The third-order valence-corrected chi connectivity index (χ3v) is 4.31. The van der Waals surface area contributed by atoms with Gasteiger partial charge in [-0.15, -0.1) is 0 Å². The number of aromatic hydroxyl groups is 1. The van der Waals surface area contributed by atoms with Gasteiger partial charge in [0, 0.05) is 30.9 Å². The molecule has 132 valence electrons. The number of nitrogens with two attached hydrogens (primary N) is 1. The molecular formula is C21H20N2O3. The predicted molar refractivity (Wildman–Crippen MR) is 101 cm³/mol. The number of hydrogen-bond donors (Lipinski definition) is 3. The topological polar surface area (TPSA) is 96.4 Å². The molecule has 5 heteroatoms. The molecule has 26 heavy (non-hydrogen) atoms. The third-order valence-electron chi connectivity index (χ3n) is 4.31. The minimum Gasteiger partial charge on any atom is -0.508 e. The van der Waals surface area contributed by atoms with E-state index >= 15 is 0 Å². The van der Waals surface area contributed by atoms with Crippen molar-refractivity contribution in [3.05, 3.63) is 72.1 Å². The Hall–Kier alpha value is -3.18. The largest absolute Gasteiger partial charge is 0.508 e. The van der Waals surface area contributed by atoms with Crippen LogP contribution < -0.4 is 5.73 Å². The van der Waals surface area contributed by atoms with Gasteiger partial charge in [0.1, 0.15) is 5.75 Å². The zero-order chi connectivity index (χ0) is 18.5. The molecule has 1 aromatic heterocycles. The maximum Gasteiger partial charge on any atom is 0.303 e. The Labute approximate surface area is 151 Å². The quantitative estimate of drug-likeness (QED) is 0.632. The number of aryl methyl sites for hydroxylation is 1. The molecule has 5 nitrogen and oxygen atoms in total. The highest BCUT2D eigenvalue weighted by atomic mass is 16.4. The van der Waals surface area contributed by atoms with Crippen molar-refractivity contribution in [3.8, 4) is 28.0 Å². The average Bonchev–Trinajstić information content (AvgIpc) is 2.66. The highest BCUT2D eigenvalue weighted by molar-refractivity contribution is 5.76. The van der Waals surface area contributed by atoms with E-state index in [1.807, 2.05) is 36.4 Å². The Morgan fingerprint density at radius 1 is 1.00 bits per heavy atom. The summed E-state index contributed by atoms with van der Waals surface area (Å²) in [6.07, 6.45) is 3.88. The molecular weight excluding hydrogens is 328 g/mol. The van der Waals surface area contributed by atoms with E-state index in [9.17, 15) is 9.90 Å². The molecule has 0 bridgehead atoms. The fourth-order valence-corrected chi connectivity index (χ4v) is 3.04. The van der Waals surface area contributed by atoms with Crippen molar-refractivity contribution in [1.82, 2.24) is 4.98 Å². The normalized spacial score (nSPS) is 10.7. The molecule has 2 aromatic carbocycles. The minimum absolute atomic E-state index is 0.00790. The van der Waals surface area contributed by atoms with E-state index in [-0.39, 0.29) is 12.2 Å². The van der Waals surface area contributed by atoms with Gasteiger partial charge in [0.15, 0.2) is 0 Å². The first-order valence-corrected chi connectivity index (χ1v) is 8.36. The Kier molecular flexibility index (Phi) is 5.29. The third kappa shape index (κ3) is 3.90. The smallest absolute Gasteiger partial charge is 0.303 e. The van der Waals surface area contributed by atoms with Crippen molar-refractivity contribution < 1.29 is 15.0 Å². The fraction of sp³-hybridized carbons (Fsp3) is 0.143. The van der Waals surface area contributed by atoms with Crippen molar-refractivity contribution in [2.24, 2.45) is 5.73 Å². The van der Waals surface area contributed by atoms with Crippen LogP contribution >= 0.6 is 0 Å². The lowest BCUT2D eigenvalue weighted by Gasteiger charge is -2.14.